The summed E-state index contributed by atoms with van der Waals surface area (Å²) in [7, 11) is 3.69. The molecule has 2 aromatic rings. The SMILES string of the molecule is CN(C)N1C(N)=C(C#N)C(c2ccc(Cl)cc2Cl)C2=C1CC(c1ccccc1)CC2=O. The molecule has 2 N–H and O–H groups in total. The van der Waals surface area contributed by atoms with Gasteiger partial charge in [-0.3, -0.25) is 9.80 Å². The molecule has 0 saturated carbocycles. The van der Waals surface area contributed by atoms with Crippen molar-refractivity contribution in [1.29, 1.82) is 5.26 Å². The maximum absolute atomic E-state index is 13.6. The molecule has 1 aliphatic heterocycles. The molecule has 31 heavy (non-hydrogen) atoms. The highest BCUT2D eigenvalue weighted by atomic mass is 35.5. The molecule has 0 fully saturated rings. The highest BCUT2D eigenvalue weighted by Gasteiger charge is 2.43. The van der Waals surface area contributed by atoms with E-state index in [1.807, 2.05) is 49.4 Å². The number of nitrogens with two attached hydrogens (primary N) is 1. The number of hydrogen-bond donors (Lipinski definition) is 1. The van der Waals surface area contributed by atoms with Gasteiger partial charge in [0.2, 0.25) is 0 Å². The van der Waals surface area contributed by atoms with E-state index in [0.717, 1.165) is 11.3 Å². The molecule has 0 spiro atoms. The number of rotatable bonds is 3. The Morgan fingerprint density at radius 2 is 1.84 bits per heavy atom. The smallest absolute Gasteiger partial charge is 0.162 e. The average molecular weight is 453 g/mol. The van der Waals surface area contributed by atoms with E-state index in [2.05, 4.69) is 6.07 Å². The van der Waals surface area contributed by atoms with Crippen LogP contribution in [0.15, 0.2) is 71.2 Å². The Kier molecular flexibility index (Phi) is 5.81. The van der Waals surface area contributed by atoms with Crippen LogP contribution in [-0.4, -0.2) is 29.9 Å². The van der Waals surface area contributed by atoms with Crippen LogP contribution in [0, 0.1) is 11.3 Å². The van der Waals surface area contributed by atoms with Crippen LogP contribution in [0.3, 0.4) is 0 Å². The van der Waals surface area contributed by atoms with Gasteiger partial charge in [0.25, 0.3) is 0 Å². The summed E-state index contributed by atoms with van der Waals surface area (Å²) in [5, 5.41) is 14.5. The van der Waals surface area contributed by atoms with Gasteiger partial charge in [0.15, 0.2) is 5.78 Å². The number of halogens is 2. The molecular weight excluding hydrogens is 431 g/mol. The first-order chi connectivity index (χ1) is 14.8. The van der Waals surface area contributed by atoms with Gasteiger partial charge in [0, 0.05) is 41.8 Å². The zero-order chi connectivity index (χ0) is 22.3. The monoisotopic (exact) mass is 452 g/mol. The molecule has 5 nitrogen and oxygen atoms in total. The van der Waals surface area contributed by atoms with E-state index in [4.69, 9.17) is 28.9 Å². The van der Waals surface area contributed by atoms with E-state index < -0.39 is 5.92 Å². The normalized spacial score (nSPS) is 21.4. The third kappa shape index (κ3) is 3.72. The Morgan fingerprint density at radius 1 is 1.13 bits per heavy atom. The molecule has 2 aromatic carbocycles. The lowest BCUT2D eigenvalue weighted by Gasteiger charge is -2.44. The first-order valence-corrected chi connectivity index (χ1v) is 10.7. The molecule has 0 amide bonds. The number of hydrogen-bond acceptors (Lipinski definition) is 5. The summed E-state index contributed by atoms with van der Waals surface area (Å²) < 4.78 is 0. The van der Waals surface area contributed by atoms with Gasteiger partial charge in [-0.1, -0.05) is 59.6 Å². The lowest BCUT2D eigenvalue weighted by atomic mass is 9.72. The van der Waals surface area contributed by atoms with Crippen LogP contribution in [-0.2, 0) is 4.79 Å². The summed E-state index contributed by atoms with van der Waals surface area (Å²) in [6.07, 6.45) is 0.995. The lowest BCUT2D eigenvalue weighted by molar-refractivity contribution is -0.117. The van der Waals surface area contributed by atoms with Crippen molar-refractivity contribution in [1.82, 2.24) is 10.0 Å². The fourth-order valence-corrected chi connectivity index (χ4v) is 5.09. The summed E-state index contributed by atoms with van der Waals surface area (Å²) in [6, 6.07) is 17.3. The molecule has 2 aliphatic rings. The third-order valence-corrected chi connectivity index (χ3v) is 6.45. The van der Waals surface area contributed by atoms with E-state index >= 15 is 0 Å². The summed E-state index contributed by atoms with van der Waals surface area (Å²) in [4.78, 5) is 13.6. The summed E-state index contributed by atoms with van der Waals surface area (Å²) in [5.74, 6) is -0.278. The molecular formula is C24H22Cl2N4O. The molecule has 1 heterocycles. The predicted octanol–water partition coefficient (Wildman–Crippen LogP) is 4.96. The molecule has 1 aliphatic carbocycles. The summed E-state index contributed by atoms with van der Waals surface area (Å²) in [5.41, 5.74) is 9.96. The number of carbonyl (C=O) groups is 1. The second kappa shape index (κ2) is 8.39. The molecule has 2 atom stereocenters. The van der Waals surface area contributed by atoms with Crippen LogP contribution in [0.4, 0.5) is 0 Å². The van der Waals surface area contributed by atoms with Gasteiger partial charge in [-0.15, -0.1) is 0 Å². The van der Waals surface area contributed by atoms with E-state index in [-0.39, 0.29) is 11.7 Å². The summed E-state index contributed by atoms with van der Waals surface area (Å²) >= 11 is 12.6. The first-order valence-electron chi connectivity index (χ1n) is 9.96. The Bertz CT molecular complexity index is 1150. The largest absolute Gasteiger partial charge is 0.383 e. The number of allylic oxidation sites excluding steroid dienone is 3. The van der Waals surface area contributed by atoms with Crippen molar-refractivity contribution in [2.75, 3.05) is 14.1 Å². The number of benzene rings is 2. The van der Waals surface area contributed by atoms with Gasteiger partial charge >= 0.3 is 0 Å². The highest BCUT2D eigenvalue weighted by Crippen LogP contribution is 2.49. The molecule has 158 valence electrons. The van der Waals surface area contributed by atoms with E-state index in [0.29, 0.717) is 45.4 Å². The number of Topliss-reactive ketones (excluding diaryl/α,β-unsaturated/α-hetero) is 1. The van der Waals surface area contributed by atoms with Gasteiger partial charge in [0.05, 0.1) is 17.6 Å². The molecule has 4 rings (SSSR count). The fraction of sp³-hybridized carbons (Fsp3) is 0.250. The quantitative estimate of drug-likeness (QED) is 0.711. The van der Waals surface area contributed by atoms with Crippen molar-refractivity contribution < 1.29 is 4.79 Å². The highest BCUT2D eigenvalue weighted by molar-refractivity contribution is 6.35. The minimum absolute atomic E-state index is 0.00165. The van der Waals surface area contributed by atoms with Gasteiger partial charge in [-0.2, -0.15) is 5.26 Å². The lowest BCUT2D eigenvalue weighted by Crippen LogP contribution is -2.46. The van der Waals surface area contributed by atoms with Crippen molar-refractivity contribution in [3.63, 3.8) is 0 Å². The predicted molar refractivity (Wildman–Crippen MR) is 122 cm³/mol. The second-order valence-electron chi connectivity index (χ2n) is 7.97. The van der Waals surface area contributed by atoms with Crippen LogP contribution in [0.25, 0.3) is 0 Å². The Morgan fingerprint density at radius 3 is 2.45 bits per heavy atom. The topological polar surface area (TPSA) is 73.4 Å². The standard InChI is InChI=1S/C24H22Cl2N4O/c1-29(2)30-20-10-15(14-6-4-3-5-7-14)11-21(31)23(20)22(18(13-27)24(30)28)17-9-8-16(25)12-19(17)26/h3-9,12,15,22H,10-11,28H2,1-2H3. The van der Waals surface area contributed by atoms with Crippen molar-refractivity contribution in [3.05, 3.63) is 92.4 Å². The van der Waals surface area contributed by atoms with Crippen molar-refractivity contribution in [2.45, 2.75) is 24.7 Å². The molecule has 7 heteroatoms. The Balaban J connectivity index is 1.92. The number of nitriles is 1. The van der Waals surface area contributed by atoms with Crippen LogP contribution in [0.2, 0.25) is 10.0 Å². The second-order valence-corrected chi connectivity index (χ2v) is 8.81. The number of carbonyl (C=O) groups excluding carboxylic acids is 1. The minimum atomic E-state index is -0.620. The van der Waals surface area contributed by atoms with E-state index in [1.165, 1.54) is 0 Å². The molecule has 0 aromatic heterocycles. The zero-order valence-electron chi connectivity index (χ0n) is 17.3. The molecule has 2 unspecified atom stereocenters. The Labute approximate surface area is 191 Å². The van der Waals surface area contributed by atoms with Crippen molar-refractivity contribution in [3.8, 4) is 6.07 Å². The third-order valence-electron chi connectivity index (χ3n) is 5.88. The van der Waals surface area contributed by atoms with Gasteiger partial charge < -0.3 is 5.73 Å². The van der Waals surface area contributed by atoms with Crippen LogP contribution in [0.5, 0.6) is 0 Å². The van der Waals surface area contributed by atoms with Gasteiger partial charge in [0.1, 0.15) is 5.82 Å². The fourth-order valence-electron chi connectivity index (χ4n) is 4.58. The van der Waals surface area contributed by atoms with Crippen molar-refractivity contribution >= 4 is 29.0 Å². The van der Waals surface area contributed by atoms with Crippen LogP contribution >= 0.6 is 23.2 Å². The van der Waals surface area contributed by atoms with Crippen LogP contribution in [0.1, 0.15) is 35.8 Å². The number of ketones is 1. The summed E-state index contributed by atoms with van der Waals surface area (Å²) in [6.45, 7) is 0. The maximum Gasteiger partial charge on any atom is 0.162 e. The average Bonchev–Trinajstić information content (AvgIpc) is 2.73. The molecule has 0 radical (unpaired) electrons. The number of nitrogens with zero attached hydrogens (tertiary/aromatic N) is 3. The van der Waals surface area contributed by atoms with Gasteiger partial charge in [-0.05, 0) is 35.6 Å². The van der Waals surface area contributed by atoms with Crippen LogP contribution < -0.4 is 5.73 Å². The maximum atomic E-state index is 13.6. The minimum Gasteiger partial charge on any atom is -0.383 e. The van der Waals surface area contributed by atoms with Gasteiger partial charge in [-0.25, -0.2) is 5.01 Å². The molecule has 0 bridgehead atoms. The number of hydrazine groups is 1. The van der Waals surface area contributed by atoms with E-state index in [1.54, 1.807) is 23.2 Å². The van der Waals surface area contributed by atoms with Crippen molar-refractivity contribution in [2.24, 2.45) is 5.73 Å². The van der Waals surface area contributed by atoms with E-state index in [9.17, 15) is 10.1 Å². The Hall–Kier alpha value is -2.78. The zero-order valence-corrected chi connectivity index (χ0v) is 18.8. The molecule has 0 saturated heterocycles. The first kappa shape index (κ1) is 21.5.